The lowest BCUT2D eigenvalue weighted by atomic mass is 9.86. The van der Waals surface area contributed by atoms with Crippen LogP contribution in [0.2, 0.25) is 0 Å². The Labute approximate surface area is 158 Å². The Hall–Kier alpha value is -1.55. The summed E-state index contributed by atoms with van der Waals surface area (Å²) in [4.78, 5) is 14.4. The number of nitrogens with zero attached hydrogens (tertiary/aromatic N) is 1. The highest BCUT2D eigenvalue weighted by molar-refractivity contribution is 5.96. The van der Waals surface area contributed by atoms with Crippen molar-refractivity contribution in [3.8, 4) is 5.75 Å². The maximum absolute atomic E-state index is 12.4. The van der Waals surface area contributed by atoms with E-state index in [1.807, 2.05) is 17.0 Å². The quantitative estimate of drug-likeness (QED) is 0.753. The summed E-state index contributed by atoms with van der Waals surface area (Å²) in [6.07, 6.45) is 10.3. The molecule has 0 saturated carbocycles. The number of ether oxygens (including phenoxy) is 1. The number of anilines is 1. The number of carbonyl (C=O) groups is 1. The molecular formula is C22H34N2O2. The first-order valence-corrected chi connectivity index (χ1v) is 10.4. The van der Waals surface area contributed by atoms with Crippen molar-refractivity contribution in [1.29, 1.82) is 0 Å². The molecule has 2 atom stereocenters. The van der Waals surface area contributed by atoms with Gasteiger partial charge in [-0.25, -0.2) is 0 Å². The molecule has 2 aliphatic rings. The monoisotopic (exact) mass is 358 g/mol. The van der Waals surface area contributed by atoms with Crippen molar-refractivity contribution >= 4 is 11.6 Å². The number of rotatable bonds is 8. The zero-order valence-electron chi connectivity index (χ0n) is 16.4. The van der Waals surface area contributed by atoms with E-state index in [-0.39, 0.29) is 5.91 Å². The van der Waals surface area contributed by atoms with Gasteiger partial charge in [-0.2, -0.15) is 0 Å². The van der Waals surface area contributed by atoms with Crippen LogP contribution in [0.25, 0.3) is 0 Å². The van der Waals surface area contributed by atoms with Crippen LogP contribution in [0.15, 0.2) is 18.2 Å². The number of benzene rings is 1. The number of nitrogens with one attached hydrogen (secondary N) is 1. The second-order valence-electron chi connectivity index (χ2n) is 7.87. The van der Waals surface area contributed by atoms with Crippen LogP contribution in [0.5, 0.6) is 5.75 Å². The molecule has 0 radical (unpaired) electrons. The van der Waals surface area contributed by atoms with E-state index in [0.29, 0.717) is 12.5 Å². The SMILES string of the molecule is CCCCC1CCNC(CCCN2C(=O)CCc3cc(OC)ccc32)C1. The molecule has 4 heteroatoms. The topological polar surface area (TPSA) is 41.6 Å². The molecule has 1 saturated heterocycles. The number of carbonyl (C=O) groups excluding carboxylic acids is 1. The molecule has 1 aromatic rings. The van der Waals surface area contributed by atoms with Gasteiger partial charge in [0.05, 0.1) is 7.11 Å². The molecule has 2 heterocycles. The van der Waals surface area contributed by atoms with E-state index < -0.39 is 0 Å². The summed E-state index contributed by atoms with van der Waals surface area (Å²) >= 11 is 0. The van der Waals surface area contributed by atoms with Crippen LogP contribution in [0.4, 0.5) is 5.69 Å². The van der Waals surface area contributed by atoms with Gasteiger partial charge >= 0.3 is 0 Å². The van der Waals surface area contributed by atoms with E-state index in [1.54, 1.807) is 7.11 Å². The van der Waals surface area contributed by atoms with E-state index in [0.717, 1.165) is 49.7 Å². The Kier molecular flexibility index (Phi) is 6.95. The number of hydrogen-bond donors (Lipinski definition) is 1. The van der Waals surface area contributed by atoms with Crippen LogP contribution in [0.3, 0.4) is 0 Å². The molecule has 0 aliphatic carbocycles. The Morgan fingerprint density at radius 1 is 1.23 bits per heavy atom. The van der Waals surface area contributed by atoms with Crippen molar-refractivity contribution in [3.63, 3.8) is 0 Å². The number of unbranched alkanes of at least 4 members (excludes halogenated alkanes) is 1. The van der Waals surface area contributed by atoms with Crippen LogP contribution >= 0.6 is 0 Å². The lowest BCUT2D eigenvalue weighted by Gasteiger charge is -2.32. The normalized spacial score (nSPS) is 23.0. The second-order valence-corrected chi connectivity index (χ2v) is 7.87. The van der Waals surface area contributed by atoms with Crippen LogP contribution in [0, 0.1) is 5.92 Å². The molecule has 1 amide bonds. The fourth-order valence-electron chi connectivity index (χ4n) is 4.47. The van der Waals surface area contributed by atoms with Crippen molar-refractivity contribution in [2.75, 3.05) is 25.1 Å². The second kappa shape index (κ2) is 9.40. The largest absolute Gasteiger partial charge is 0.497 e. The molecule has 2 unspecified atom stereocenters. The van der Waals surface area contributed by atoms with Crippen molar-refractivity contribution in [1.82, 2.24) is 5.32 Å². The third-order valence-corrected chi connectivity index (χ3v) is 5.99. The minimum absolute atomic E-state index is 0.264. The van der Waals surface area contributed by atoms with E-state index in [4.69, 9.17) is 4.74 Å². The van der Waals surface area contributed by atoms with E-state index in [1.165, 1.54) is 37.7 Å². The maximum Gasteiger partial charge on any atom is 0.227 e. The van der Waals surface area contributed by atoms with Crippen molar-refractivity contribution in [2.45, 2.75) is 70.8 Å². The lowest BCUT2D eigenvalue weighted by Crippen LogP contribution is -2.40. The molecule has 4 nitrogen and oxygen atoms in total. The van der Waals surface area contributed by atoms with E-state index in [2.05, 4.69) is 18.3 Å². The minimum Gasteiger partial charge on any atom is -0.497 e. The van der Waals surface area contributed by atoms with Gasteiger partial charge in [-0.15, -0.1) is 0 Å². The molecule has 0 bridgehead atoms. The van der Waals surface area contributed by atoms with E-state index >= 15 is 0 Å². The van der Waals surface area contributed by atoms with Gasteiger partial charge in [0, 0.05) is 24.7 Å². The van der Waals surface area contributed by atoms with Gasteiger partial charge in [-0.05, 0) is 68.3 Å². The third-order valence-electron chi connectivity index (χ3n) is 5.99. The highest BCUT2D eigenvalue weighted by Gasteiger charge is 2.25. The van der Waals surface area contributed by atoms with Gasteiger partial charge in [0.15, 0.2) is 0 Å². The molecule has 0 aromatic heterocycles. The van der Waals surface area contributed by atoms with Gasteiger partial charge in [0.2, 0.25) is 5.91 Å². The van der Waals surface area contributed by atoms with Crippen molar-refractivity contribution in [2.24, 2.45) is 5.92 Å². The summed E-state index contributed by atoms with van der Waals surface area (Å²) in [7, 11) is 1.69. The number of amides is 1. The first-order valence-electron chi connectivity index (χ1n) is 10.4. The molecule has 3 rings (SSSR count). The predicted molar refractivity (Wildman–Crippen MR) is 107 cm³/mol. The minimum atomic E-state index is 0.264. The van der Waals surface area contributed by atoms with E-state index in [9.17, 15) is 4.79 Å². The highest BCUT2D eigenvalue weighted by Crippen LogP contribution is 2.31. The summed E-state index contributed by atoms with van der Waals surface area (Å²) in [5.41, 5.74) is 2.32. The summed E-state index contributed by atoms with van der Waals surface area (Å²) in [6, 6.07) is 6.72. The van der Waals surface area contributed by atoms with Crippen molar-refractivity contribution in [3.05, 3.63) is 23.8 Å². The predicted octanol–water partition coefficient (Wildman–Crippen LogP) is 4.31. The third kappa shape index (κ3) is 4.79. The molecule has 2 aliphatic heterocycles. The Balaban J connectivity index is 1.52. The van der Waals surface area contributed by atoms with Gasteiger partial charge in [0.1, 0.15) is 5.75 Å². The standard InChI is InChI=1S/C22H34N2O2/c1-3-4-6-17-12-13-23-19(15-17)7-5-14-24-21-10-9-20(26-2)16-18(21)8-11-22(24)25/h9-10,16-17,19,23H,3-8,11-15H2,1-2H3. The lowest BCUT2D eigenvalue weighted by molar-refractivity contribution is -0.118. The molecule has 144 valence electrons. The fourth-order valence-corrected chi connectivity index (χ4v) is 4.47. The first-order chi connectivity index (χ1) is 12.7. The van der Waals surface area contributed by atoms with Crippen LogP contribution < -0.4 is 15.0 Å². The molecule has 1 N–H and O–H groups in total. The number of piperidine rings is 1. The maximum atomic E-state index is 12.4. The molecule has 1 aromatic carbocycles. The van der Waals surface area contributed by atoms with Crippen LogP contribution in [0.1, 0.15) is 63.9 Å². The van der Waals surface area contributed by atoms with Gasteiger partial charge in [-0.3, -0.25) is 4.79 Å². The zero-order valence-corrected chi connectivity index (χ0v) is 16.4. The Morgan fingerprint density at radius 2 is 2.12 bits per heavy atom. The average molecular weight is 359 g/mol. The fraction of sp³-hybridized carbons (Fsp3) is 0.682. The average Bonchev–Trinajstić information content (AvgIpc) is 2.68. The summed E-state index contributed by atoms with van der Waals surface area (Å²) in [5, 5.41) is 3.69. The van der Waals surface area contributed by atoms with Gasteiger partial charge in [0.25, 0.3) is 0 Å². The number of hydrogen-bond acceptors (Lipinski definition) is 3. The molecule has 0 spiro atoms. The van der Waals surface area contributed by atoms with Crippen LogP contribution in [-0.4, -0.2) is 32.1 Å². The summed E-state index contributed by atoms with van der Waals surface area (Å²) in [6.45, 7) is 4.27. The van der Waals surface area contributed by atoms with Crippen molar-refractivity contribution < 1.29 is 9.53 Å². The summed E-state index contributed by atoms with van der Waals surface area (Å²) < 4.78 is 5.33. The first kappa shape index (κ1) is 19.2. The van der Waals surface area contributed by atoms with Gasteiger partial charge in [-0.1, -0.05) is 26.2 Å². The summed E-state index contributed by atoms with van der Waals surface area (Å²) in [5.74, 6) is 2.04. The molecule has 1 fully saturated rings. The number of aryl methyl sites for hydroxylation is 1. The Bertz CT molecular complexity index is 602. The zero-order chi connectivity index (χ0) is 18.4. The van der Waals surface area contributed by atoms with Crippen LogP contribution in [-0.2, 0) is 11.2 Å². The molecule has 26 heavy (non-hydrogen) atoms. The Morgan fingerprint density at radius 3 is 2.92 bits per heavy atom. The molecular weight excluding hydrogens is 324 g/mol. The number of methoxy groups -OCH3 is 1. The van der Waals surface area contributed by atoms with Gasteiger partial charge < -0.3 is 15.0 Å². The smallest absolute Gasteiger partial charge is 0.227 e. The highest BCUT2D eigenvalue weighted by atomic mass is 16.5. The number of fused-ring (bicyclic) bond motifs is 1.